The Morgan fingerprint density at radius 1 is 1.00 bits per heavy atom. The maximum atomic E-state index is 12.0. The smallest absolute Gasteiger partial charge is 0.462 e. The van der Waals surface area contributed by atoms with Crippen LogP contribution in [0.15, 0.2) is 54.6 Å². The molecule has 0 saturated carbocycles. The number of hydrogen-bond acceptors (Lipinski definition) is 3. The molecule has 3 nitrogen and oxygen atoms in total. The molecule has 2 aromatic rings. The molecule has 0 aliphatic heterocycles. The molecule has 0 unspecified atom stereocenters. The Morgan fingerprint density at radius 2 is 1.58 bits per heavy atom. The van der Waals surface area contributed by atoms with Gasteiger partial charge in [0, 0.05) is 6.42 Å². The lowest BCUT2D eigenvalue weighted by Gasteiger charge is -2.14. The van der Waals surface area contributed by atoms with Gasteiger partial charge in [-0.2, -0.15) is 0 Å². The van der Waals surface area contributed by atoms with Gasteiger partial charge in [-0.15, -0.1) is 13.2 Å². The predicted octanol–water partition coefficient (Wildman–Crippen LogP) is 4.83. The Bertz CT molecular complexity index is 651. The van der Waals surface area contributed by atoms with Crippen LogP contribution in [0, 0.1) is 0 Å². The highest BCUT2D eigenvalue weighted by molar-refractivity contribution is 5.90. The van der Waals surface area contributed by atoms with Gasteiger partial charge in [0.2, 0.25) is 0 Å². The molecule has 0 bridgehead atoms. The molecule has 0 fully saturated rings. The molecule has 2 rings (SSSR count). The van der Waals surface area contributed by atoms with Crippen LogP contribution in [0.4, 0.5) is 13.2 Å². The largest absolute Gasteiger partial charge is 0.522 e. The van der Waals surface area contributed by atoms with E-state index in [1.54, 1.807) is 24.3 Å². The average molecular weight is 338 g/mol. The minimum atomic E-state index is -4.68. The van der Waals surface area contributed by atoms with Gasteiger partial charge in [0.25, 0.3) is 0 Å². The Kier molecular flexibility index (Phi) is 5.98. The Balaban J connectivity index is 1.85. The maximum Gasteiger partial charge on any atom is 0.522 e. The quantitative estimate of drug-likeness (QED) is 0.708. The second kappa shape index (κ2) is 7.97. The molecule has 2 aromatic carbocycles. The zero-order chi connectivity index (χ0) is 17.6. The first-order chi connectivity index (χ1) is 11.3. The first-order valence-electron chi connectivity index (χ1n) is 7.42. The molecule has 6 heteroatoms. The number of carbonyl (C=O) groups excluding carboxylic acids is 1. The predicted molar refractivity (Wildman–Crippen MR) is 83.4 cm³/mol. The molecule has 0 amide bonds. The summed E-state index contributed by atoms with van der Waals surface area (Å²) < 4.78 is 44.8. The van der Waals surface area contributed by atoms with Crippen LogP contribution in [-0.4, -0.2) is 25.0 Å². The van der Waals surface area contributed by atoms with Crippen molar-refractivity contribution in [1.82, 2.24) is 0 Å². The van der Waals surface area contributed by atoms with Crippen molar-refractivity contribution in [2.45, 2.75) is 25.8 Å². The fourth-order valence-corrected chi connectivity index (χ4v) is 2.12. The van der Waals surface area contributed by atoms with Gasteiger partial charge in [-0.1, -0.05) is 42.5 Å². The van der Waals surface area contributed by atoms with Crippen LogP contribution in [0.25, 0.3) is 11.1 Å². The van der Waals surface area contributed by atoms with E-state index in [0.717, 1.165) is 11.1 Å². The average Bonchev–Trinajstić information content (AvgIpc) is 2.54. The van der Waals surface area contributed by atoms with E-state index in [1.807, 2.05) is 30.3 Å². The standard InChI is InChI=1S/C18H17F3O3/c1-13(24-18(19,20)21)11-12-23-17(22)16-9-7-15(8-10-16)14-5-3-2-4-6-14/h2-10,13H,11-12H2,1H3/t13-/m0/s1. The Morgan fingerprint density at radius 3 is 2.17 bits per heavy atom. The number of esters is 1. The lowest BCUT2D eigenvalue weighted by molar-refractivity contribution is -0.341. The minimum Gasteiger partial charge on any atom is -0.462 e. The number of carbonyl (C=O) groups is 1. The molecular formula is C18H17F3O3. The van der Waals surface area contributed by atoms with Gasteiger partial charge in [-0.05, 0) is 30.2 Å². The zero-order valence-electron chi connectivity index (χ0n) is 13.0. The summed E-state index contributed by atoms with van der Waals surface area (Å²) >= 11 is 0. The fourth-order valence-electron chi connectivity index (χ4n) is 2.12. The molecule has 24 heavy (non-hydrogen) atoms. The number of rotatable bonds is 6. The van der Waals surface area contributed by atoms with Gasteiger partial charge in [-0.3, -0.25) is 4.74 Å². The number of halogens is 3. The Hall–Kier alpha value is -2.34. The summed E-state index contributed by atoms with van der Waals surface area (Å²) in [6.07, 6.45) is -5.79. The van der Waals surface area contributed by atoms with Crippen LogP contribution in [0.3, 0.4) is 0 Å². The van der Waals surface area contributed by atoms with E-state index >= 15 is 0 Å². The van der Waals surface area contributed by atoms with Crippen LogP contribution < -0.4 is 0 Å². The van der Waals surface area contributed by atoms with Crippen molar-refractivity contribution in [3.05, 3.63) is 60.2 Å². The molecule has 0 aromatic heterocycles. The van der Waals surface area contributed by atoms with Crippen LogP contribution in [0.1, 0.15) is 23.7 Å². The van der Waals surface area contributed by atoms with Crippen molar-refractivity contribution >= 4 is 5.97 Å². The minimum absolute atomic E-state index is 0.0344. The van der Waals surface area contributed by atoms with Gasteiger partial charge in [0.1, 0.15) is 0 Å². The summed E-state index contributed by atoms with van der Waals surface area (Å²) in [7, 11) is 0. The molecule has 0 saturated heterocycles. The summed E-state index contributed by atoms with van der Waals surface area (Å²) in [5, 5.41) is 0. The van der Waals surface area contributed by atoms with Gasteiger partial charge in [-0.25, -0.2) is 4.79 Å². The van der Waals surface area contributed by atoms with Gasteiger partial charge < -0.3 is 4.74 Å². The third-order valence-electron chi connectivity index (χ3n) is 3.32. The summed E-state index contributed by atoms with van der Waals surface area (Å²) in [6.45, 7) is 1.13. The number of ether oxygens (including phenoxy) is 2. The van der Waals surface area contributed by atoms with E-state index in [1.165, 1.54) is 6.92 Å². The Labute approximate surface area is 138 Å². The molecule has 0 aliphatic carbocycles. The number of hydrogen-bond donors (Lipinski definition) is 0. The van der Waals surface area contributed by atoms with E-state index in [-0.39, 0.29) is 13.0 Å². The van der Waals surface area contributed by atoms with Crippen LogP contribution in [-0.2, 0) is 9.47 Å². The molecule has 1 atom stereocenters. The highest BCUT2D eigenvalue weighted by Crippen LogP contribution is 2.21. The van der Waals surface area contributed by atoms with E-state index < -0.39 is 18.4 Å². The first-order valence-corrected chi connectivity index (χ1v) is 7.42. The molecule has 0 aliphatic rings. The summed E-state index contributed by atoms with van der Waals surface area (Å²) in [5.74, 6) is -0.575. The molecule has 0 N–H and O–H groups in total. The second-order valence-electron chi connectivity index (χ2n) is 5.24. The third kappa shape index (κ3) is 5.70. The SMILES string of the molecule is C[C@@H](CCOC(=O)c1ccc(-c2ccccc2)cc1)OC(F)(F)F. The molecule has 0 spiro atoms. The van der Waals surface area contributed by atoms with Crippen molar-refractivity contribution < 1.29 is 27.4 Å². The lowest BCUT2D eigenvalue weighted by Crippen LogP contribution is -2.23. The monoisotopic (exact) mass is 338 g/mol. The zero-order valence-corrected chi connectivity index (χ0v) is 13.0. The van der Waals surface area contributed by atoms with Crippen LogP contribution >= 0.6 is 0 Å². The summed E-state index contributed by atoms with van der Waals surface area (Å²) in [5.41, 5.74) is 2.33. The van der Waals surface area contributed by atoms with Gasteiger partial charge in [0.15, 0.2) is 0 Å². The molecule has 128 valence electrons. The van der Waals surface area contributed by atoms with Crippen molar-refractivity contribution in [1.29, 1.82) is 0 Å². The van der Waals surface area contributed by atoms with Crippen molar-refractivity contribution in [3.8, 4) is 11.1 Å². The highest BCUT2D eigenvalue weighted by atomic mass is 19.4. The number of alkyl halides is 3. The first kappa shape index (κ1) is 18.0. The molecule has 0 heterocycles. The van der Waals surface area contributed by atoms with Gasteiger partial charge >= 0.3 is 12.3 Å². The summed E-state index contributed by atoms with van der Waals surface area (Å²) in [6, 6.07) is 16.5. The molecular weight excluding hydrogens is 321 g/mol. The van der Waals surface area contributed by atoms with E-state index in [4.69, 9.17) is 4.74 Å². The van der Waals surface area contributed by atoms with E-state index in [2.05, 4.69) is 4.74 Å². The third-order valence-corrected chi connectivity index (χ3v) is 3.32. The van der Waals surface area contributed by atoms with Crippen LogP contribution in [0.5, 0.6) is 0 Å². The van der Waals surface area contributed by atoms with Gasteiger partial charge in [0.05, 0.1) is 18.3 Å². The van der Waals surface area contributed by atoms with E-state index in [0.29, 0.717) is 5.56 Å². The normalized spacial score (nSPS) is 12.7. The number of benzene rings is 2. The summed E-state index contributed by atoms with van der Waals surface area (Å²) in [4.78, 5) is 11.9. The maximum absolute atomic E-state index is 12.0. The topological polar surface area (TPSA) is 35.5 Å². The van der Waals surface area contributed by atoms with Crippen molar-refractivity contribution in [2.75, 3.05) is 6.61 Å². The second-order valence-corrected chi connectivity index (χ2v) is 5.24. The van der Waals surface area contributed by atoms with Crippen molar-refractivity contribution in [2.24, 2.45) is 0 Å². The highest BCUT2D eigenvalue weighted by Gasteiger charge is 2.31. The molecule has 0 radical (unpaired) electrons. The van der Waals surface area contributed by atoms with Crippen LogP contribution in [0.2, 0.25) is 0 Å². The fraction of sp³-hybridized carbons (Fsp3) is 0.278. The lowest BCUT2D eigenvalue weighted by atomic mass is 10.0. The van der Waals surface area contributed by atoms with Crippen molar-refractivity contribution in [3.63, 3.8) is 0 Å². The van der Waals surface area contributed by atoms with E-state index in [9.17, 15) is 18.0 Å².